The quantitative estimate of drug-likeness (QED) is 0.631. The molecule has 0 heterocycles. The number of halogens is 2. The van der Waals surface area contributed by atoms with Crippen LogP contribution >= 0.6 is 15.9 Å². The maximum atomic E-state index is 13.1. The Morgan fingerprint density at radius 1 is 1.37 bits per heavy atom. The minimum absolute atomic E-state index is 0.191. The largest absolute Gasteiger partial charge is 0.271 e. The minimum atomic E-state index is -0.226. The first-order valence-electron chi connectivity index (χ1n) is 6.64. The molecule has 3 N–H and O–H groups in total. The highest BCUT2D eigenvalue weighted by molar-refractivity contribution is 9.10. The highest BCUT2D eigenvalue weighted by Crippen LogP contribution is 2.30. The molecule has 0 saturated carbocycles. The Bertz CT molecular complexity index is 415. The molecule has 0 amide bonds. The Labute approximate surface area is 124 Å². The molecule has 19 heavy (non-hydrogen) atoms. The van der Waals surface area contributed by atoms with E-state index in [1.165, 1.54) is 12.1 Å². The molecule has 2 nitrogen and oxygen atoms in total. The van der Waals surface area contributed by atoms with Crippen molar-refractivity contribution >= 4 is 15.9 Å². The van der Waals surface area contributed by atoms with E-state index in [1.54, 1.807) is 0 Å². The third kappa shape index (κ3) is 5.21. The third-order valence-electron chi connectivity index (χ3n) is 3.83. The standard InChI is InChI=1S/C15H24BrFN2/c1-10(15(2,3)4)7-13(19-18)8-11-5-6-12(17)9-14(11)16/h5-6,9-10,13,19H,7-8,18H2,1-4H3. The lowest BCUT2D eigenvalue weighted by Gasteiger charge is -2.30. The van der Waals surface area contributed by atoms with Gasteiger partial charge in [-0.25, -0.2) is 4.39 Å². The number of benzene rings is 1. The van der Waals surface area contributed by atoms with Gasteiger partial charge in [0.05, 0.1) is 0 Å². The van der Waals surface area contributed by atoms with E-state index in [-0.39, 0.29) is 17.3 Å². The van der Waals surface area contributed by atoms with E-state index in [0.717, 1.165) is 22.9 Å². The minimum Gasteiger partial charge on any atom is -0.271 e. The lowest BCUT2D eigenvalue weighted by atomic mass is 9.78. The van der Waals surface area contributed by atoms with Gasteiger partial charge in [-0.1, -0.05) is 49.7 Å². The number of rotatable bonds is 5. The maximum absolute atomic E-state index is 13.1. The summed E-state index contributed by atoms with van der Waals surface area (Å²) < 4.78 is 13.9. The molecule has 4 heteroatoms. The summed E-state index contributed by atoms with van der Waals surface area (Å²) in [6.07, 6.45) is 1.78. The Morgan fingerprint density at radius 2 is 2.00 bits per heavy atom. The summed E-state index contributed by atoms with van der Waals surface area (Å²) in [5.41, 5.74) is 4.21. The number of hydrogen-bond donors (Lipinski definition) is 2. The summed E-state index contributed by atoms with van der Waals surface area (Å²) in [7, 11) is 0. The second-order valence-corrected chi connectivity index (χ2v) is 7.16. The van der Waals surface area contributed by atoms with Crippen LogP contribution in [0.1, 0.15) is 39.7 Å². The maximum Gasteiger partial charge on any atom is 0.124 e. The van der Waals surface area contributed by atoms with Crippen molar-refractivity contribution in [1.82, 2.24) is 5.43 Å². The molecule has 0 aromatic heterocycles. The average Bonchev–Trinajstić information content (AvgIpc) is 2.30. The Morgan fingerprint density at radius 3 is 2.47 bits per heavy atom. The fourth-order valence-corrected chi connectivity index (χ4v) is 2.46. The molecule has 108 valence electrons. The van der Waals surface area contributed by atoms with Crippen molar-refractivity contribution in [3.05, 3.63) is 34.1 Å². The van der Waals surface area contributed by atoms with Crippen LogP contribution in [0.3, 0.4) is 0 Å². The SMILES string of the molecule is CC(CC(Cc1ccc(F)cc1Br)NN)C(C)(C)C. The molecule has 0 radical (unpaired) electrons. The second-order valence-electron chi connectivity index (χ2n) is 6.31. The zero-order chi connectivity index (χ0) is 14.6. The monoisotopic (exact) mass is 330 g/mol. The zero-order valence-corrected chi connectivity index (χ0v) is 13.7. The molecule has 0 aliphatic carbocycles. The van der Waals surface area contributed by atoms with Gasteiger partial charge in [-0.05, 0) is 41.9 Å². The van der Waals surface area contributed by atoms with Crippen LogP contribution in [0.4, 0.5) is 4.39 Å². The fourth-order valence-electron chi connectivity index (χ4n) is 1.94. The van der Waals surface area contributed by atoms with E-state index < -0.39 is 0 Å². The van der Waals surface area contributed by atoms with Crippen LogP contribution in [0.25, 0.3) is 0 Å². The smallest absolute Gasteiger partial charge is 0.124 e. The van der Waals surface area contributed by atoms with Gasteiger partial charge in [-0.15, -0.1) is 0 Å². The van der Waals surface area contributed by atoms with Gasteiger partial charge in [0.15, 0.2) is 0 Å². The zero-order valence-electron chi connectivity index (χ0n) is 12.1. The summed E-state index contributed by atoms with van der Waals surface area (Å²) in [6, 6.07) is 4.98. The highest BCUT2D eigenvalue weighted by Gasteiger charge is 2.23. The van der Waals surface area contributed by atoms with E-state index in [4.69, 9.17) is 5.84 Å². The first-order chi connectivity index (χ1) is 8.74. The molecular weight excluding hydrogens is 307 g/mol. The predicted octanol–water partition coefficient (Wildman–Crippen LogP) is 4.03. The van der Waals surface area contributed by atoms with Crippen LogP contribution < -0.4 is 11.3 Å². The molecule has 0 spiro atoms. The summed E-state index contributed by atoms with van der Waals surface area (Å²) in [4.78, 5) is 0. The molecule has 0 aliphatic heterocycles. The van der Waals surface area contributed by atoms with Crippen molar-refractivity contribution < 1.29 is 4.39 Å². The van der Waals surface area contributed by atoms with Gasteiger partial charge < -0.3 is 0 Å². The Kier molecular flexibility index (Phi) is 5.96. The van der Waals surface area contributed by atoms with Crippen molar-refractivity contribution in [3.8, 4) is 0 Å². The summed E-state index contributed by atoms with van der Waals surface area (Å²) in [6.45, 7) is 8.95. The molecule has 1 aromatic rings. The number of hydrogen-bond acceptors (Lipinski definition) is 2. The Balaban J connectivity index is 2.72. The summed E-state index contributed by atoms with van der Waals surface area (Å²) in [5.74, 6) is 5.98. The molecule has 1 rings (SSSR count). The lowest BCUT2D eigenvalue weighted by molar-refractivity contribution is 0.222. The molecule has 0 aliphatic rings. The molecule has 1 aromatic carbocycles. The summed E-state index contributed by atoms with van der Waals surface area (Å²) in [5, 5.41) is 0. The van der Waals surface area contributed by atoms with E-state index in [0.29, 0.717) is 5.92 Å². The van der Waals surface area contributed by atoms with Crippen molar-refractivity contribution in [2.24, 2.45) is 17.2 Å². The first kappa shape index (κ1) is 16.6. The van der Waals surface area contributed by atoms with Crippen LogP contribution in [0, 0.1) is 17.2 Å². The van der Waals surface area contributed by atoms with Crippen molar-refractivity contribution in [2.45, 2.75) is 46.6 Å². The number of nitrogens with two attached hydrogens (primary N) is 1. The van der Waals surface area contributed by atoms with Crippen LogP contribution in [0.2, 0.25) is 0 Å². The van der Waals surface area contributed by atoms with E-state index in [1.807, 2.05) is 6.07 Å². The molecule has 0 fully saturated rings. The number of hydrazine groups is 1. The normalized spacial score (nSPS) is 15.3. The molecule has 0 bridgehead atoms. The van der Waals surface area contributed by atoms with E-state index in [9.17, 15) is 4.39 Å². The van der Waals surface area contributed by atoms with Gasteiger partial charge in [0.25, 0.3) is 0 Å². The molecular formula is C15H24BrFN2. The molecule has 0 saturated heterocycles. The van der Waals surface area contributed by atoms with Gasteiger partial charge in [0.2, 0.25) is 0 Å². The third-order valence-corrected chi connectivity index (χ3v) is 4.57. The van der Waals surface area contributed by atoms with Crippen molar-refractivity contribution in [3.63, 3.8) is 0 Å². The van der Waals surface area contributed by atoms with Crippen molar-refractivity contribution in [1.29, 1.82) is 0 Å². The topological polar surface area (TPSA) is 38.0 Å². The van der Waals surface area contributed by atoms with Crippen LogP contribution in [-0.2, 0) is 6.42 Å². The summed E-state index contributed by atoms with van der Waals surface area (Å²) >= 11 is 3.40. The fraction of sp³-hybridized carbons (Fsp3) is 0.600. The first-order valence-corrected chi connectivity index (χ1v) is 7.43. The Hall–Kier alpha value is -0.450. The van der Waals surface area contributed by atoms with Gasteiger partial charge >= 0.3 is 0 Å². The van der Waals surface area contributed by atoms with Gasteiger partial charge in [-0.2, -0.15) is 0 Å². The lowest BCUT2D eigenvalue weighted by Crippen LogP contribution is -2.39. The van der Waals surface area contributed by atoms with Crippen molar-refractivity contribution in [2.75, 3.05) is 0 Å². The molecule has 2 atom stereocenters. The second kappa shape index (κ2) is 6.82. The van der Waals surface area contributed by atoms with E-state index in [2.05, 4.69) is 49.1 Å². The number of nitrogens with one attached hydrogen (secondary N) is 1. The molecule has 2 unspecified atom stereocenters. The van der Waals surface area contributed by atoms with Gasteiger partial charge in [-0.3, -0.25) is 11.3 Å². The highest BCUT2D eigenvalue weighted by atomic mass is 79.9. The van der Waals surface area contributed by atoms with Crippen LogP contribution in [0.5, 0.6) is 0 Å². The average molecular weight is 331 g/mol. The predicted molar refractivity (Wildman–Crippen MR) is 82.2 cm³/mol. The van der Waals surface area contributed by atoms with Gasteiger partial charge in [0, 0.05) is 10.5 Å². The van der Waals surface area contributed by atoms with E-state index >= 15 is 0 Å². The van der Waals surface area contributed by atoms with Gasteiger partial charge in [0.1, 0.15) is 5.82 Å². The van der Waals surface area contributed by atoms with Crippen LogP contribution in [0.15, 0.2) is 22.7 Å². The van der Waals surface area contributed by atoms with Crippen LogP contribution in [-0.4, -0.2) is 6.04 Å².